The average Bonchev–Trinajstić information content (AvgIpc) is 2.83. The standard InChI is InChI=1S/C7H14N2S.C2H6/c1-8-4-5-9(10)7(6-8)2-3-7;1-2/h10H,2-6H2,1H3;1-2H3. The van der Waals surface area contributed by atoms with E-state index in [4.69, 9.17) is 0 Å². The van der Waals surface area contributed by atoms with Gasteiger partial charge in [0.25, 0.3) is 0 Å². The average molecular weight is 188 g/mol. The van der Waals surface area contributed by atoms with Crippen LogP contribution in [0.15, 0.2) is 0 Å². The van der Waals surface area contributed by atoms with E-state index >= 15 is 0 Å². The first-order valence-electron chi connectivity index (χ1n) is 4.88. The van der Waals surface area contributed by atoms with Crippen LogP contribution in [-0.2, 0) is 0 Å². The van der Waals surface area contributed by atoms with E-state index in [9.17, 15) is 0 Å². The van der Waals surface area contributed by atoms with Crippen molar-refractivity contribution in [3.05, 3.63) is 0 Å². The summed E-state index contributed by atoms with van der Waals surface area (Å²) in [7, 11) is 2.20. The first kappa shape index (κ1) is 10.4. The molecule has 1 spiro atoms. The van der Waals surface area contributed by atoms with Gasteiger partial charge in [0.2, 0.25) is 0 Å². The minimum Gasteiger partial charge on any atom is -0.303 e. The minimum absolute atomic E-state index is 0.482. The largest absolute Gasteiger partial charge is 0.303 e. The van der Waals surface area contributed by atoms with Crippen molar-refractivity contribution in [2.45, 2.75) is 32.2 Å². The number of hydrogen-bond donors (Lipinski definition) is 1. The van der Waals surface area contributed by atoms with Crippen molar-refractivity contribution >= 4 is 12.8 Å². The summed E-state index contributed by atoms with van der Waals surface area (Å²) in [6.45, 7) is 7.52. The van der Waals surface area contributed by atoms with Crippen LogP contribution in [0.25, 0.3) is 0 Å². The molecule has 0 aromatic rings. The number of hydrogen-bond acceptors (Lipinski definition) is 3. The van der Waals surface area contributed by atoms with Crippen LogP contribution in [0.3, 0.4) is 0 Å². The van der Waals surface area contributed by atoms with Gasteiger partial charge in [-0.1, -0.05) is 26.7 Å². The van der Waals surface area contributed by atoms with Gasteiger partial charge in [-0.2, -0.15) is 0 Å². The molecule has 0 unspecified atom stereocenters. The van der Waals surface area contributed by atoms with Gasteiger partial charge in [0.05, 0.1) is 0 Å². The highest BCUT2D eigenvalue weighted by molar-refractivity contribution is 7.77. The van der Waals surface area contributed by atoms with Gasteiger partial charge in [-0.05, 0) is 19.9 Å². The fourth-order valence-corrected chi connectivity index (χ4v) is 2.08. The van der Waals surface area contributed by atoms with Crippen LogP contribution in [0.1, 0.15) is 26.7 Å². The summed E-state index contributed by atoms with van der Waals surface area (Å²) in [6.07, 6.45) is 2.70. The molecule has 1 heterocycles. The van der Waals surface area contributed by atoms with Crippen LogP contribution in [0.4, 0.5) is 0 Å². The van der Waals surface area contributed by atoms with Crippen LogP contribution in [0.2, 0.25) is 0 Å². The summed E-state index contributed by atoms with van der Waals surface area (Å²) in [5, 5.41) is 0. The summed E-state index contributed by atoms with van der Waals surface area (Å²) in [6, 6.07) is 0. The molecule has 2 aliphatic rings. The summed E-state index contributed by atoms with van der Waals surface area (Å²) in [5.41, 5.74) is 0.482. The first-order chi connectivity index (χ1) is 5.73. The van der Waals surface area contributed by atoms with Crippen molar-refractivity contribution in [1.82, 2.24) is 9.21 Å². The molecule has 3 heteroatoms. The molecule has 1 aliphatic heterocycles. The van der Waals surface area contributed by atoms with Gasteiger partial charge < -0.3 is 4.90 Å². The van der Waals surface area contributed by atoms with E-state index in [1.807, 2.05) is 13.8 Å². The smallest absolute Gasteiger partial charge is 0.0439 e. The lowest BCUT2D eigenvalue weighted by Crippen LogP contribution is -2.49. The molecule has 0 amide bonds. The fourth-order valence-electron chi connectivity index (χ4n) is 1.73. The molecule has 0 N–H and O–H groups in total. The van der Waals surface area contributed by atoms with E-state index in [1.54, 1.807) is 0 Å². The van der Waals surface area contributed by atoms with Gasteiger partial charge in [0, 0.05) is 25.2 Å². The molecule has 1 aliphatic carbocycles. The highest BCUT2D eigenvalue weighted by atomic mass is 32.1. The molecule has 72 valence electrons. The van der Waals surface area contributed by atoms with E-state index in [0.717, 1.165) is 6.54 Å². The van der Waals surface area contributed by atoms with Crippen LogP contribution in [0, 0.1) is 0 Å². The minimum atomic E-state index is 0.482. The molecule has 2 nitrogen and oxygen atoms in total. The molecular formula is C9H20N2S. The molecule has 0 radical (unpaired) electrons. The highest BCUT2D eigenvalue weighted by Crippen LogP contribution is 2.44. The first-order valence-corrected chi connectivity index (χ1v) is 5.28. The van der Waals surface area contributed by atoms with Crippen molar-refractivity contribution in [2.24, 2.45) is 0 Å². The fraction of sp³-hybridized carbons (Fsp3) is 1.00. The molecule has 12 heavy (non-hydrogen) atoms. The Hall–Kier alpha value is 0.270. The lowest BCUT2D eigenvalue weighted by molar-refractivity contribution is 0.157. The number of rotatable bonds is 0. The van der Waals surface area contributed by atoms with Gasteiger partial charge in [0.1, 0.15) is 0 Å². The van der Waals surface area contributed by atoms with E-state index < -0.39 is 0 Å². The van der Waals surface area contributed by atoms with E-state index in [-0.39, 0.29) is 0 Å². The second-order valence-corrected chi connectivity index (χ2v) is 4.07. The maximum Gasteiger partial charge on any atom is 0.0439 e. The van der Waals surface area contributed by atoms with E-state index in [0.29, 0.717) is 5.54 Å². The Kier molecular flexibility index (Phi) is 3.44. The van der Waals surface area contributed by atoms with Gasteiger partial charge in [-0.25, -0.2) is 4.31 Å². The zero-order valence-corrected chi connectivity index (χ0v) is 9.27. The maximum atomic E-state index is 4.45. The number of likely N-dealkylation sites (N-methyl/N-ethyl adjacent to an activating group) is 1. The van der Waals surface area contributed by atoms with Gasteiger partial charge in [0.15, 0.2) is 0 Å². The Labute approximate surface area is 81.5 Å². The van der Waals surface area contributed by atoms with Gasteiger partial charge in [-0.15, -0.1) is 0 Å². The van der Waals surface area contributed by atoms with Crippen molar-refractivity contribution in [2.75, 3.05) is 26.7 Å². The lowest BCUT2D eigenvalue weighted by atomic mass is 10.2. The number of piperazine rings is 1. The highest BCUT2D eigenvalue weighted by Gasteiger charge is 2.49. The van der Waals surface area contributed by atoms with Crippen molar-refractivity contribution in [1.29, 1.82) is 0 Å². The number of nitrogens with zero attached hydrogens (tertiary/aromatic N) is 2. The predicted molar refractivity (Wildman–Crippen MR) is 56.5 cm³/mol. The summed E-state index contributed by atoms with van der Waals surface area (Å²) >= 11 is 4.45. The SMILES string of the molecule is CC.CN1CCN(S)C2(CC2)C1. The summed E-state index contributed by atoms with van der Waals surface area (Å²) in [5.74, 6) is 0. The molecule has 1 saturated heterocycles. The van der Waals surface area contributed by atoms with E-state index in [1.165, 1.54) is 25.9 Å². The maximum absolute atomic E-state index is 4.45. The molecule has 0 aromatic carbocycles. The van der Waals surface area contributed by atoms with Crippen molar-refractivity contribution < 1.29 is 0 Å². The third-order valence-corrected chi connectivity index (χ3v) is 3.26. The third kappa shape index (κ3) is 1.95. The van der Waals surface area contributed by atoms with Gasteiger partial charge >= 0.3 is 0 Å². The summed E-state index contributed by atoms with van der Waals surface area (Å²) in [4.78, 5) is 2.40. The van der Waals surface area contributed by atoms with Crippen molar-refractivity contribution in [3.63, 3.8) is 0 Å². The zero-order valence-electron chi connectivity index (χ0n) is 8.38. The van der Waals surface area contributed by atoms with Crippen molar-refractivity contribution in [3.8, 4) is 0 Å². The third-order valence-electron chi connectivity index (χ3n) is 2.63. The second kappa shape index (κ2) is 3.99. The van der Waals surface area contributed by atoms with E-state index in [2.05, 4.69) is 29.1 Å². The lowest BCUT2D eigenvalue weighted by Gasteiger charge is -2.37. The van der Waals surface area contributed by atoms with Crippen LogP contribution in [-0.4, -0.2) is 41.4 Å². The van der Waals surface area contributed by atoms with Crippen LogP contribution in [0.5, 0.6) is 0 Å². The quantitative estimate of drug-likeness (QED) is 0.577. The summed E-state index contributed by atoms with van der Waals surface area (Å²) < 4.78 is 2.23. The van der Waals surface area contributed by atoms with Crippen LogP contribution < -0.4 is 0 Å². The topological polar surface area (TPSA) is 6.48 Å². The number of thiol groups is 1. The normalized spacial score (nSPS) is 28.0. The molecule has 0 aromatic heterocycles. The Bertz CT molecular complexity index is 145. The second-order valence-electron chi connectivity index (χ2n) is 3.59. The van der Waals surface area contributed by atoms with Gasteiger partial charge in [-0.3, -0.25) is 0 Å². The Morgan fingerprint density at radius 1 is 1.17 bits per heavy atom. The Balaban J connectivity index is 0.000000336. The van der Waals surface area contributed by atoms with Crippen LogP contribution >= 0.6 is 12.8 Å². The molecule has 1 saturated carbocycles. The molecular weight excluding hydrogens is 168 g/mol. The molecule has 0 atom stereocenters. The zero-order chi connectivity index (χ0) is 9.19. The Morgan fingerprint density at radius 3 is 2.17 bits per heavy atom. The predicted octanol–water partition coefficient (Wildman–Crippen LogP) is 1.64. The molecule has 2 rings (SSSR count). The monoisotopic (exact) mass is 188 g/mol. The molecule has 2 fully saturated rings. The molecule has 0 bridgehead atoms. The Morgan fingerprint density at radius 2 is 1.75 bits per heavy atom.